The van der Waals surface area contributed by atoms with E-state index in [2.05, 4.69) is 4.98 Å². The Morgan fingerprint density at radius 2 is 2.21 bits per heavy atom. The molecule has 1 aromatic carbocycles. The van der Waals surface area contributed by atoms with Crippen LogP contribution in [0.25, 0.3) is 0 Å². The van der Waals surface area contributed by atoms with Crippen LogP contribution < -0.4 is 4.90 Å². The van der Waals surface area contributed by atoms with Gasteiger partial charge in [0.1, 0.15) is 11.9 Å². The minimum Gasteiger partial charge on any atom is -0.311 e. The molecule has 2 rings (SSSR count). The molecule has 0 spiro atoms. The van der Waals surface area contributed by atoms with Gasteiger partial charge in [-0.05, 0) is 24.3 Å². The topological polar surface area (TPSA) is 57.0 Å². The standard InChI is InChI=1S/C14H10FN3O/c1-18(12-4-2-3-11(15)7-12)14(19)13-9-17-6-5-10(13)8-16/h2-7,9H,1H3. The summed E-state index contributed by atoms with van der Waals surface area (Å²) < 4.78 is 13.1. The van der Waals surface area contributed by atoms with Crippen molar-refractivity contribution in [2.75, 3.05) is 11.9 Å². The molecule has 1 amide bonds. The predicted molar refractivity (Wildman–Crippen MR) is 68.1 cm³/mol. The number of halogens is 1. The van der Waals surface area contributed by atoms with Crippen LogP contribution in [0.5, 0.6) is 0 Å². The lowest BCUT2D eigenvalue weighted by molar-refractivity contribution is 0.0992. The van der Waals surface area contributed by atoms with Gasteiger partial charge in [-0.3, -0.25) is 9.78 Å². The highest BCUT2D eigenvalue weighted by atomic mass is 19.1. The number of amides is 1. The molecule has 1 heterocycles. The van der Waals surface area contributed by atoms with Crippen LogP contribution in [0.15, 0.2) is 42.7 Å². The summed E-state index contributed by atoms with van der Waals surface area (Å²) in [4.78, 5) is 17.4. The Hall–Kier alpha value is -2.74. The van der Waals surface area contributed by atoms with E-state index in [1.54, 1.807) is 6.07 Å². The molecule has 0 atom stereocenters. The average Bonchev–Trinajstić information content (AvgIpc) is 2.45. The maximum Gasteiger partial charge on any atom is 0.260 e. The van der Waals surface area contributed by atoms with Crippen LogP contribution in [0.2, 0.25) is 0 Å². The van der Waals surface area contributed by atoms with Crippen molar-refractivity contribution < 1.29 is 9.18 Å². The summed E-state index contributed by atoms with van der Waals surface area (Å²) in [6.45, 7) is 0. The van der Waals surface area contributed by atoms with Crippen molar-refractivity contribution in [1.29, 1.82) is 5.26 Å². The van der Waals surface area contributed by atoms with E-state index in [9.17, 15) is 9.18 Å². The number of hydrogen-bond donors (Lipinski definition) is 0. The van der Waals surface area contributed by atoms with E-state index in [0.29, 0.717) is 5.69 Å². The maximum atomic E-state index is 13.1. The van der Waals surface area contributed by atoms with Gasteiger partial charge in [0.2, 0.25) is 0 Å². The Kier molecular flexibility index (Phi) is 3.53. The highest BCUT2D eigenvalue weighted by Crippen LogP contribution is 2.17. The molecular formula is C14H10FN3O. The van der Waals surface area contributed by atoms with Crippen LogP contribution in [-0.4, -0.2) is 17.9 Å². The van der Waals surface area contributed by atoms with Crippen LogP contribution >= 0.6 is 0 Å². The van der Waals surface area contributed by atoms with E-state index in [0.717, 1.165) is 0 Å². The van der Waals surface area contributed by atoms with E-state index in [4.69, 9.17) is 5.26 Å². The molecule has 0 aliphatic heterocycles. The number of pyridine rings is 1. The molecule has 0 fully saturated rings. The molecule has 0 unspecified atom stereocenters. The van der Waals surface area contributed by atoms with Crippen LogP contribution in [-0.2, 0) is 0 Å². The summed E-state index contributed by atoms with van der Waals surface area (Å²) in [6.07, 6.45) is 2.77. The first kappa shape index (κ1) is 12.7. The third kappa shape index (κ3) is 2.58. The molecule has 0 bridgehead atoms. The van der Waals surface area contributed by atoms with Crippen molar-refractivity contribution in [1.82, 2.24) is 4.98 Å². The molecule has 2 aromatic rings. The lowest BCUT2D eigenvalue weighted by Crippen LogP contribution is -2.27. The molecule has 94 valence electrons. The number of carbonyl (C=O) groups is 1. The number of hydrogen-bond acceptors (Lipinski definition) is 3. The second-order valence-corrected chi connectivity index (χ2v) is 3.88. The Balaban J connectivity index is 2.37. The number of nitrogens with zero attached hydrogens (tertiary/aromatic N) is 3. The van der Waals surface area contributed by atoms with Crippen LogP contribution in [0.1, 0.15) is 15.9 Å². The van der Waals surface area contributed by atoms with Crippen LogP contribution in [0.3, 0.4) is 0 Å². The van der Waals surface area contributed by atoms with E-state index in [1.165, 1.54) is 48.6 Å². The summed E-state index contributed by atoms with van der Waals surface area (Å²) in [6, 6.07) is 9.08. The zero-order valence-electron chi connectivity index (χ0n) is 10.2. The summed E-state index contributed by atoms with van der Waals surface area (Å²) in [5.41, 5.74) is 0.845. The highest BCUT2D eigenvalue weighted by Gasteiger charge is 2.17. The largest absolute Gasteiger partial charge is 0.311 e. The zero-order valence-corrected chi connectivity index (χ0v) is 10.2. The third-order valence-electron chi connectivity index (χ3n) is 2.67. The fourth-order valence-corrected chi connectivity index (χ4v) is 1.65. The van der Waals surface area contributed by atoms with Gasteiger partial charge in [-0.15, -0.1) is 0 Å². The summed E-state index contributed by atoms with van der Waals surface area (Å²) in [7, 11) is 1.52. The fraction of sp³-hybridized carbons (Fsp3) is 0.0714. The average molecular weight is 255 g/mol. The van der Waals surface area contributed by atoms with Gasteiger partial charge < -0.3 is 4.90 Å². The quantitative estimate of drug-likeness (QED) is 0.827. The molecule has 0 saturated heterocycles. The normalized spacial score (nSPS) is 9.74. The first-order valence-corrected chi connectivity index (χ1v) is 5.51. The minimum atomic E-state index is -0.427. The second-order valence-electron chi connectivity index (χ2n) is 3.88. The molecule has 4 nitrogen and oxygen atoms in total. The van der Waals surface area contributed by atoms with E-state index < -0.39 is 11.7 Å². The smallest absolute Gasteiger partial charge is 0.260 e. The Morgan fingerprint density at radius 3 is 2.89 bits per heavy atom. The number of aromatic nitrogens is 1. The summed E-state index contributed by atoms with van der Waals surface area (Å²) >= 11 is 0. The maximum absolute atomic E-state index is 13.1. The SMILES string of the molecule is CN(C(=O)c1cnccc1C#N)c1cccc(F)c1. The van der Waals surface area contributed by atoms with Gasteiger partial charge >= 0.3 is 0 Å². The van der Waals surface area contributed by atoms with Crippen molar-refractivity contribution in [3.05, 3.63) is 59.7 Å². The zero-order chi connectivity index (χ0) is 13.8. The predicted octanol–water partition coefficient (Wildman–Crippen LogP) is 2.37. The van der Waals surface area contributed by atoms with Gasteiger partial charge in [-0.1, -0.05) is 6.07 Å². The molecule has 0 saturated carbocycles. The highest BCUT2D eigenvalue weighted by molar-refractivity contribution is 6.07. The second kappa shape index (κ2) is 5.27. The lowest BCUT2D eigenvalue weighted by atomic mass is 10.1. The van der Waals surface area contributed by atoms with Gasteiger partial charge in [-0.2, -0.15) is 5.26 Å². The van der Waals surface area contributed by atoms with E-state index in [-0.39, 0.29) is 11.1 Å². The first-order chi connectivity index (χ1) is 9.13. The Bertz CT molecular complexity index is 664. The van der Waals surface area contributed by atoms with Crippen molar-refractivity contribution in [2.45, 2.75) is 0 Å². The number of carbonyl (C=O) groups excluding carboxylic acids is 1. The van der Waals surface area contributed by atoms with Gasteiger partial charge in [0, 0.05) is 25.1 Å². The van der Waals surface area contributed by atoms with Crippen molar-refractivity contribution in [3.63, 3.8) is 0 Å². The summed E-state index contributed by atoms with van der Waals surface area (Å²) in [5, 5.41) is 8.96. The van der Waals surface area contributed by atoms with Crippen molar-refractivity contribution in [3.8, 4) is 6.07 Å². The monoisotopic (exact) mass is 255 g/mol. The van der Waals surface area contributed by atoms with Gasteiger partial charge in [0.15, 0.2) is 0 Å². The Labute approximate surface area is 109 Å². The Morgan fingerprint density at radius 1 is 1.42 bits per heavy atom. The third-order valence-corrected chi connectivity index (χ3v) is 2.67. The van der Waals surface area contributed by atoms with E-state index >= 15 is 0 Å². The molecule has 0 radical (unpaired) electrons. The number of anilines is 1. The molecule has 19 heavy (non-hydrogen) atoms. The summed E-state index contributed by atoms with van der Waals surface area (Å²) in [5.74, 6) is -0.834. The minimum absolute atomic E-state index is 0.191. The molecule has 0 N–H and O–H groups in total. The molecule has 0 aliphatic rings. The van der Waals surface area contributed by atoms with Crippen LogP contribution in [0.4, 0.5) is 10.1 Å². The van der Waals surface area contributed by atoms with Gasteiger partial charge in [0.05, 0.1) is 11.1 Å². The molecule has 5 heteroatoms. The first-order valence-electron chi connectivity index (χ1n) is 5.51. The molecule has 0 aliphatic carbocycles. The lowest BCUT2D eigenvalue weighted by Gasteiger charge is -2.17. The van der Waals surface area contributed by atoms with Gasteiger partial charge in [0.25, 0.3) is 5.91 Å². The van der Waals surface area contributed by atoms with Crippen molar-refractivity contribution in [2.24, 2.45) is 0 Å². The molecular weight excluding hydrogens is 245 g/mol. The van der Waals surface area contributed by atoms with Crippen molar-refractivity contribution >= 4 is 11.6 Å². The van der Waals surface area contributed by atoms with Gasteiger partial charge in [-0.25, -0.2) is 4.39 Å². The van der Waals surface area contributed by atoms with E-state index in [1.807, 2.05) is 6.07 Å². The fourth-order valence-electron chi connectivity index (χ4n) is 1.65. The molecule has 1 aromatic heterocycles. The van der Waals surface area contributed by atoms with Crippen LogP contribution in [0, 0.1) is 17.1 Å². The number of benzene rings is 1. The number of rotatable bonds is 2. The number of nitriles is 1.